The Balaban J connectivity index is 0.00000168. The summed E-state index contributed by atoms with van der Waals surface area (Å²) in [6.45, 7) is 2.72. The van der Waals surface area contributed by atoms with E-state index in [0.29, 0.717) is 18.4 Å². The number of rotatable bonds is 2. The lowest BCUT2D eigenvalue weighted by molar-refractivity contribution is -0.942. The maximum atomic E-state index is 6.35. The van der Waals surface area contributed by atoms with Crippen LogP contribution < -0.4 is 9.47 Å². The minimum atomic E-state index is 0. The number of hydrogen-bond donors (Lipinski definition) is 0. The van der Waals surface area contributed by atoms with Crippen molar-refractivity contribution in [1.82, 2.24) is 0 Å². The molecule has 4 unspecified atom stereocenters. The molecule has 1 saturated heterocycles. The Morgan fingerprint density at radius 3 is 2.42 bits per heavy atom. The maximum Gasteiger partial charge on any atom is 0.267 e. The van der Waals surface area contributed by atoms with E-state index in [4.69, 9.17) is 14.2 Å². The first-order valence-corrected chi connectivity index (χ1v) is 9.04. The Kier molecular flexibility index (Phi) is 4.38. The molecule has 2 aromatic carbocycles. The molecule has 0 aromatic heterocycles. The summed E-state index contributed by atoms with van der Waals surface area (Å²) in [6.07, 6.45) is 0.225. The van der Waals surface area contributed by atoms with Crippen LogP contribution in [0.3, 0.4) is 0 Å². The summed E-state index contributed by atoms with van der Waals surface area (Å²) in [6, 6.07) is 16.7. The Morgan fingerprint density at radius 1 is 0.962 bits per heavy atom. The molecule has 2 heterocycles. The van der Waals surface area contributed by atoms with E-state index in [1.54, 1.807) is 0 Å². The highest BCUT2D eigenvalue weighted by Gasteiger charge is 2.56. The summed E-state index contributed by atoms with van der Waals surface area (Å²) in [4.78, 5) is 0. The Labute approximate surface area is 160 Å². The quantitative estimate of drug-likeness (QED) is 0.749. The van der Waals surface area contributed by atoms with Crippen molar-refractivity contribution in [3.05, 3.63) is 59.7 Å². The average molecular weight is 375 g/mol. The van der Waals surface area contributed by atoms with Crippen molar-refractivity contribution < 1.29 is 18.7 Å². The van der Waals surface area contributed by atoms with Gasteiger partial charge in [-0.15, -0.1) is 12.4 Å². The minimum Gasteiger partial charge on any atom is -0.479 e. The first-order chi connectivity index (χ1) is 12.2. The topological polar surface area (TPSA) is 27.7 Å². The number of nitrogens with zero attached hydrogens (tertiary/aromatic N) is 1. The smallest absolute Gasteiger partial charge is 0.267 e. The highest BCUT2D eigenvalue weighted by atomic mass is 35.5. The fourth-order valence-electron chi connectivity index (χ4n) is 5.09. The van der Waals surface area contributed by atoms with Crippen LogP contribution in [0.2, 0.25) is 0 Å². The summed E-state index contributed by atoms with van der Waals surface area (Å²) in [5, 5.41) is 0. The number of likely N-dealkylation sites (tertiary alicyclic amines) is 1. The van der Waals surface area contributed by atoms with Gasteiger partial charge < -0.3 is 14.2 Å². The molecule has 4 nitrogen and oxygen atoms in total. The number of ether oxygens (including phenoxy) is 3. The predicted octanol–water partition coefficient (Wildman–Crippen LogP) is 3.77. The molecule has 0 spiro atoms. The number of methoxy groups -OCH3 is 1. The van der Waals surface area contributed by atoms with Crippen LogP contribution in [0, 0.1) is 5.92 Å². The van der Waals surface area contributed by atoms with Crippen LogP contribution in [-0.2, 0) is 4.74 Å². The number of benzene rings is 2. The zero-order valence-electron chi connectivity index (χ0n) is 15.1. The molecule has 1 fully saturated rings. The highest BCUT2D eigenvalue weighted by Crippen LogP contribution is 2.53. The van der Waals surface area contributed by atoms with Crippen LogP contribution in [0.25, 0.3) is 0 Å². The van der Waals surface area contributed by atoms with Gasteiger partial charge in [-0.25, -0.2) is 0 Å². The van der Waals surface area contributed by atoms with E-state index in [2.05, 4.69) is 31.3 Å². The fraction of sp³-hybridized carbons (Fsp3) is 0.429. The van der Waals surface area contributed by atoms with Gasteiger partial charge in [0.05, 0.1) is 32.2 Å². The second kappa shape index (κ2) is 6.45. The standard InChI is InChI=1S/C21H24NO3.ClH/c1-22(20-13-24-18-9-5-6-10-19(18)25-20)11-16-14-7-3-4-8-15(14)21(23-2)17(16)12-22;/h3-10,16-17,20-21H,11-13H2,1-2H3;1H/q+1;/t16?,17?,20?,21?,22-;/m0./s1. The molecule has 0 radical (unpaired) electrons. The minimum absolute atomic E-state index is 0. The molecule has 0 amide bonds. The van der Waals surface area contributed by atoms with E-state index in [9.17, 15) is 0 Å². The summed E-state index contributed by atoms with van der Waals surface area (Å²) in [5.41, 5.74) is 2.83. The number of para-hydroxylation sites is 2. The number of halogens is 1. The van der Waals surface area contributed by atoms with E-state index < -0.39 is 0 Å². The molecular formula is C21H25ClNO3+. The summed E-state index contributed by atoms with van der Waals surface area (Å²) >= 11 is 0. The lowest BCUT2D eigenvalue weighted by Crippen LogP contribution is -2.57. The third-order valence-electron chi connectivity index (χ3n) is 6.29. The maximum absolute atomic E-state index is 6.35. The van der Waals surface area contributed by atoms with Crippen molar-refractivity contribution in [3.8, 4) is 11.5 Å². The second-order valence-electron chi connectivity index (χ2n) is 7.73. The Hall–Kier alpha value is -1.75. The van der Waals surface area contributed by atoms with Gasteiger partial charge in [-0.3, -0.25) is 4.48 Å². The fourth-order valence-corrected chi connectivity index (χ4v) is 5.09. The molecule has 3 aliphatic rings. The predicted molar refractivity (Wildman–Crippen MR) is 102 cm³/mol. The summed E-state index contributed by atoms with van der Waals surface area (Å²) in [7, 11) is 4.14. The molecule has 5 rings (SSSR count). The van der Waals surface area contributed by atoms with Crippen LogP contribution in [0.4, 0.5) is 0 Å². The van der Waals surface area contributed by atoms with Gasteiger partial charge in [0.15, 0.2) is 18.1 Å². The third kappa shape index (κ3) is 2.51. The molecule has 0 N–H and O–H groups in total. The zero-order valence-corrected chi connectivity index (χ0v) is 15.9. The lowest BCUT2D eigenvalue weighted by Gasteiger charge is -2.40. The van der Waals surface area contributed by atoms with Crippen LogP contribution in [0.15, 0.2) is 48.5 Å². The number of fused-ring (bicyclic) bond motifs is 4. The van der Waals surface area contributed by atoms with Crippen molar-refractivity contribution in [2.75, 3.05) is 33.9 Å². The Morgan fingerprint density at radius 2 is 1.65 bits per heavy atom. The van der Waals surface area contributed by atoms with Gasteiger partial charge in [-0.1, -0.05) is 36.4 Å². The largest absolute Gasteiger partial charge is 0.479 e. The molecule has 5 heteroatoms. The van der Waals surface area contributed by atoms with Crippen molar-refractivity contribution in [1.29, 1.82) is 0 Å². The SMILES string of the molecule is COC1c2ccccc2C2C[N@+](C)(C3COc4ccccc4O3)CC21.Cl. The number of quaternary nitrogens is 1. The van der Waals surface area contributed by atoms with E-state index in [1.165, 1.54) is 11.1 Å². The van der Waals surface area contributed by atoms with E-state index in [-0.39, 0.29) is 24.7 Å². The first-order valence-electron chi connectivity index (χ1n) is 9.04. The highest BCUT2D eigenvalue weighted by molar-refractivity contribution is 5.85. The number of hydrogen-bond acceptors (Lipinski definition) is 3. The van der Waals surface area contributed by atoms with Crippen molar-refractivity contribution in [3.63, 3.8) is 0 Å². The molecule has 2 aromatic rings. The van der Waals surface area contributed by atoms with Gasteiger partial charge in [-0.2, -0.15) is 0 Å². The first kappa shape index (κ1) is 17.7. The van der Waals surface area contributed by atoms with E-state index >= 15 is 0 Å². The monoisotopic (exact) mass is 374 g/mol. The van der Waals surface area contributed by atoms with Gasteiger partial charge in [0, 0.05) is 13.0 Å². The zero-order chi connectivity index (χ0) is 17.0. The second-order valence-corrected chi connectivity index (χ2v) is 7.73. The molecule has 0 bridgehead atoms. The molecule has 0 saturated carbocycles. The molecule has 26 heavy (non-hydrogen) atoms. The van der Waals surface area contributed by atoms with Crippen molar-refractivity contribution in [2.24, 2.45) is 5.92 Å². The molecule has 138 valence electrons. The number of likely N-dealkylation sites (N-methyl/N-ethyl adjacent to an activating group) is 1. The summed E-state index contributed by atoms with van der Waals surface area (Å²) < 4.78 is 19.1. The van der Waals surface area contributed by atoms with Gasteiger partial charge in [0.25, 0.3) is 6.23 Å². The summed E-state index contributed by atoms with van der Waals surface area (Å²) in [5.74, 6) is 2.75. The Bertz CT molecular complexity index is 813. The van der Waals surface area contributed by atoms with Crippen LogP contribution in [-0.4, -0.2) is 44.6 Å². The third-order valence-corrected chi connectivity index (χ3v) is 6.29. The molecule has 5 atom stereocenters. The van der Waals surface area contributed by atoms with Crippen LogP contribution >= 0.6 is 12.4 Å². The van der Waals surface area contributed by atoms with Gasteiger partial charge in [0.2, 0.25) is 0 Å². The van der Waals surface area contributed by atoms with Crippen LogP contribution in [0.1, 0.15) is 23.1 Å². The van der Waals surface area contributed by atoms with Gasteiger partial charge in [-0.05, 0) is 23.3 Å². The van der Waals surface area contributed by atoms with E-state index in [0.717, 1.165) is 29.1 Å². The van der Waals surface area contributed by atoms with Crippen molar-refractivity contribution in [2.45, 2.75) is 18.2 Å². The normalized spacial score (nSPS) is 33.9. The van der Waals surface area contributed by atoms with E-state index in [1.807, 2.05) is 31.4 Å². The average Bonchev–Trinajstić information content (AvgIpc) is 3.14. The van der Waals surface area contributed by atoms with Gasteiger partial charge >= 0.3 is 0 Å². The van der Waals surface area contributed by atoms with Crippen molar-refractivity contribution >= 4 is 12.4 Å². The molecular weight excluding hydrogens is 350 g/mol. The molecule has 1 aliphatic carbocycles. The van der Waals surface area contributed by atoms with Gasteiger partial charge in [0.1, 0.15) is 0 Å². The lowest BCUT2D eigenvalue weighted by atomic mass is 9.96. The molecule has 2 aliphatic heterocycles. The van der Waals surface area contributed by atoms with Crippen LogP contribution in [0.5, 0.6) is 11.5 Å².